The molecular weight excluding hydrogens is 222 g/mol. The molecule has 1 aromatic rings. The Morgan fingerprint density at radius 1 is 1.62 bits per heavy atom. The van der Waals surface area contributed by atoms with Crippen molar-refractivity contribution in [2.75, 3.05) is 0 Å². The fourth-order valence-electron chi connectivity index (χ4n) is 1.25. The Bertz CT molecular complexity index is 516. The van der Waals surface area contributed by atoms with Crippen LogP contribution in [0.4, 0.5) is 8.78 Å². The summed E-state index contributed by atoms with van der Waals surface area (Å²) in [4.78, 5) is 23.5. The molecule has 7 heteroatoms. The van der Waals surface area contributed by atoms with Crippen LogP contribution < -0.4 is 5.56 Å². The molecule has 0 aromatic carbocycles. The molecule has 84 valence electrons. The van der Waals surface area contributed by atoms with Crippen molar-refractivity contribution in [2.45, 2.75) is 12.8 Å². The van der Waals surface area contributed by atoms with E-state index in [0.717, 1.165) is 6.20 Å². The fraction of sp³-hybridized carbons (Fsp3) is 0.222. The minimum Gasteiger partial charge on any atom is -0.481 e. The number of nitrogens with one attached hydrogen (secondary N) is 1. The maximum absolute atomic E-state index is 12.6. The molecule has 0 radical (unpaired) electrons. The van der Waals surface area contributed by atoms with Gasteiger partial charge in [-0.05, 0) is 5.56 Å². The molecule has 0 unspecified atom stereocenters. The van der Waals surface area contributed by atoms with Crippen molar-refractivity contribution >= 4 is 5.97 Å². The number of nitrogens with zero attached hydrogens (tertiary/aromatic N) is 1. The number of aliphatic carboxylic acids is 1. The van der Waals surface area contributed by atoms with Gasteiger partial charge in [-0.2, -0.15) is 5.26 Å². The molecule has 0 atom stereocenters. The number of carbonyl (C=O) groups is 1. The van der Waals surface area contributed by atoms with Crippen LogP contribution in [0.1, 0.15) is 23.1 Å². The van der Waals surface area contributed by atoms with Crippen LogP contribution >= 0.6 is 0 Å². The number of hydrogen-bond acceptors (Lipinski definition) is 3. The zero-order valence-electron chi connectivity index (χ0n) is 7.83. The van der Waals surface area contributed by atoms with Crippen LogP contribution in [-0.2, 0) is 11.2 Å². The summed E-state index contributed by atoms with van der Waals surface area (Å²) >= 11 is 0. The van der Waals surface area contributed by atoms with Gasteiger partial charge < -0.3 is 10.1 Å². The molecule has 1 rings (SSSR count). The van der Waals surface area contributed by atoms with E-state index in [-0.39, 0.29) is 5.56 Å². The summed E-state index contributed by atoms with van der Waals surface area (Å²) in [6.07, 6.45) is -2.85. The smallest absolute Gasteiger partial charge is 0.307 e. The quantitative estimate of drug-likeness (QED) is 0.800. The largest absolute Gasteiger partial charge is 0.481 e. The number of aromatic amines is 1. The molecule has 0 fully saturated rings. The van der Waals surface area contributed by atoms with E-state index < -0.39 is 35.5 Å². The molecule has 2 N–H and O–H groups in total. The molecule has 16 heavy (non-hydrogen) atoms. The number of pyridine rings is 1. The van der Waals surface area contributed by atoms with Crippen molar-refractivity contribution in [1.29, 1.82) is 5.26 Å². The van der Waals surface area contributed by atoms with E-state index in [9.17, 15) is 18.4 Å². The maximum atomic E-state index is 12.6. The topological polar surface area (TPSA) is 93.9 Å². The Morgan fingerprint density at radius 3 is 2.69 bits per heavy atom. The van der Waals surface area contributed by atoms with E-state index >= 15 is 0 Å². The number of rotatable bonds is 3. The van der Waals surface area contributed by atoms with Gasteiger partial charge in [0, 0.05) is 11.8 Å². The highest BCUT2D eigenvalue weighted by Crippen LogP contribution is 2.24. The third kappa shape index (κ3) is 2.23. The Morgan fingerprint density at radius 2 is 2.25 bits per heavy atom. The summed E-state index contributed by atoms with van der Waals surface area (Å²) in [5, 5.41) is 17.0. The molecule has 0 aliphatic rings. The molecule has 0 saturated heterocycles. The number of aromatic nitrogens is 1. The predicted octanol–water partition coefficient (Wildman–Crippen LogP) is 0.811. The van der Waals surface area contributed by atoms with Crippen molar-refractivity contribution < 1.29 is 18.7 Å². The summed E-state index contributed by atoms with van der Waals surface area (Å²) in [5.41, 5.74) is -2.77. The highest BCUT2D eigenvalue weighted by atomic mass is 19.3. The molecule has 0 bridgehead atoms. The number of alkyl halides is 2. The van der Waals surface area contributed by atoms with Crippen molar-refractivity contribution in [3.63, 3.8) is 0 Å². The molecule has 0 aliphatic carbocycles. The van der Waals surface area contributed by atoms with Crippen molar-refractivity contribution in [2.24, 2.45) is 0 Å². The maximum Gasteiger partial charge on any atom is 0.307 e. The second-order valence-corrected chi connectivity index (χ2v) is 2.91. The van der Waals surface area contributed by atoms with Gasteiger partial charge in [-0.3, -0.25) is 9.59 Å². The van der Waals surface area contributed by atoms with Gasteiger partial charge in [0.15, 0.2) is 0 Å². The van der Waals surface area contributed by atoms with Gasteiger partial charge in [0.2, 0.25) is 0 Å². The van der Waals surface area contributed by atoms with Crippen LogP contribution in [0.5, 0.6) is 0 Å². The molecular formula is C9H6F2N2O3. The SMILES string of the molecule is N#Cc1c(C(F)F)c(CC(=O)O)c[nH]c1=O. The Hall–Kier alpha value is -2.23. The van der Waals surface area contributed by atoms with Crippen LogP contribution in [0, 0.1) is 11.3 Å². The van der Waals surface area contributed by atoms with E-state index in [4.69, 9.17) is 10.4 Å². The number of nitriles is 1. The van der Waals surface area contributed by atoms with Gasteiger partial charge in [-0.1, -0.05) is 0 Å². The minimum atomic E-state index is -3.06. The minimum absolute atomic E-state index is 0.265. The molecule has 1 aromatic heterocycles. The summed E-state index contributed by atoms with van der Waals surface area (Å²) in [7, 11) is 0. The van der Waals surface area contributed by atoms with Crippen molar-refractivity contribution in [3.05, 3.63) is 33.2 Å². The van der Waals surface area contributed by atoms with Crippen LogP contribution in [0.2, 0.25) is 0 Å². The van der Waals surface area contributed by atoms with Crippen molar-refractivity contribution in [1.82, 2.24) is 4.98 Å². The molecule has 0 saturated carbocycles. The van der Waals surface area contributed by atoms with Crippen LogP contribution in [-0.4, -0.2) is 16.1 Å². The first-order chi connectivity index (χ1) is 7.47. The fourth-order valence-corrected chi connectivity index (χ4v) is 1.25. The van der Waals surface area contributed by atoms with Gasteiger partial charge in [-0.25, -0.2) is 8.78 Å². The predicted molar refractivity (Wildman–Crippen MR) is 48.1 cm³/mol. The monoisotopic (exact) mass is 228 g/mol. The summed E-state index contributed by atoms with van der Waals surface area (Å²) in [5.74, 6) is -1.32. The lowest BCUT2D eigenvalue weighted by Crippen LogP contribution is -2.17. The Kier molecular flexibility index (Phi) is 3.35. The molecule has 0 spiro atoms. The van der Waals surface area contributed by atoms with Crippen LogP contribution in [0.25, 0.3) is 0 Å². The lowest BCUT2D eigenvalue weighted by atomic mass is 10.0. The average Bonchev–Trinajstić information content (AvgIpc) is 2.18. The highest BCUT2D eigenvalue weighted by Gasteiger charge is 2.21. The first-order valence-electron chi connectivity index (χ1n) is 4.12. The normalized spacial score (nSPS) is 10.1. The summed E-state index contributed by atoms with van der Waals surface area (Å²) in [6.45, 7) is 0. The number of hydrogen-bond donors (Lipinski definition) is 2. The van der Waals surface area contributed by atoms with Crippen LogP contribution in [0.15, 0.2) is 11.0 Å². The van der Waals surface area contributed by atoms with Gasteiger partial charge >= 0.3 is 5.97 Å². The van der Waals surface area contributed by atoms with Gasteiger partial charge in [0.05, 0.1) is 6.42 Å². The highest BCUT2D eigenvalue weighted by molar-refractivity contribution is 5.71. The lowest BCUT2D eigenvalue weighted by molar-refractivity contribution is -0.136. The number of carboxylic acids is 1. The number of carboxylic acid groups (broad SMARTS) is 1. The summed E-state index contributed by atoms with van der Waals surface area (Å²) in [6, 6.07) is 1.34. The van der Waals surface area contributed by atoms with Gasteiger partial charge in [0.1, 0.15) is 11.6 Å². The van der Waals surface area contributed by atoms with E-state index in [1.54, 1.807) is 0 Å². The third-order valence-electron chi connectivity index (χ3n) is 1.89. The van der Waals surface area contributed by atoms with Gasteiger partial charge in [0.25, 0.3) is 12.0 Å². The third-order valence-corrected chi connectivity index (χ3v) is 1.89. The molecule has 0 amide bonds. The molecule has 1 heterocycles. The van der Waals surface area contributed by atoms with Gasteiger partial charge in [-0.15, -0.1) is 0 Å². The standard InChI is InChI=1S/C9H6F2N2O3/c10-8(11)7-4(1-6(14)15)3-13-9(16)5(7)2-12/h3,8H,1H2,(H,13,16)(H,14,15). The Labute approximate surface area is 88.0 Å². The molecule has 5 nitrogen and oxygen atoms in total. The second kappa shape index (κ2) is 4.53. The number of halogens is 2. The zero-order chi connectivity index (χ0) is 12.3. The van der Waals surface area contributed by atoms with E-state index in [1.807, 2.05) is 4.98 Å². The Balaban J connectivity index is 3.46. The van der Waals surface area contributed by atoms with Crippen LogP contribution in [0.3, 0.4) is 0 Å². The first-order valence-corrected chi connectivity index (χ1v) is 4.12. The first kappa shape index (κ1) is 11.8. The lowest BCUT2D eigenvalue weighted by Gasteiger charge is -2.07. The summed E-state index contributed by atoms with van der Waals surface area (Å²) < 4.78 is 25.2. The van der Waals surface area contributed by atoms with E-state index in [0.29, 0.717) is 0 Å². The zero-order valence-corrected chi connectivity index (χ0v) is 7.83. The molecule has 0 aliphatic heterocycles. The number of H-pyrrole nitrogens is 1. The second-order valence-electron chi connectivity index (χ2n) is 2.91. The van der Waals surface area contributed by atoms with Crippen molar-refractivity contribution in [3.8, 4) is 6.07 Å². The van der Waals surface area contributed by atoms with E-state index in [2.05, 4.69) is 0 Å². The van der Waals surface area contributed by atoms with E-state index in [1.165, 1.54) is 6.07 Å². The average molecular weight is 228 g/mol.